The van der Waals surface area contributed by atoms with Crippen molar-refractivity contribution in [2.75, 3.05) is 23.1 Å². The van der Waals surface area contributed by atoms with Crippen LogP contribution in [-0.4, -0.2) is 24.5 Å². The predicted octanol–water partition coefficient (Wildman–Crippen LogP) is 4.65. The van der Waals surface area contributed by atoms with E-state index in [1.165, 1.54) is 24.5 Å². The number of hydrogen-bond acceptors (Lipinski definition) is 7. The van der Waals surface area contributed by atoms with E-state index in [1.54, 1.807) is 30.5 Å². The van der Waals surface area contributed by atoms with Crippen molar-refractivity contribution in [2.45, 2.75) is 6.54 Å². The van der Waals surface area contributed by atoms with Gasteiger partial charge >= 0.3 is 5.97 Å². The SMILES string of the molecule is COC(=O)c1cc(NC=O)c(NCc2cnc(Cl)s2)c(F)c1Nc1ccccc1. The van der Waals surface area contributed by atoms with Gasteiger partial charge in [-0.3, -0.25) is 4.79 Å². The minimum Gasteiger partial charge on any atom is -0.465 e. The van der Waals surface area contributed by atoms with Gasteiger partial charge in [0, 0.05) is 16.8 Å². The second-order valence-corrected chi connectivity index (χ2v) is 7.41. The van der Waals surface area contributed by atoms with Gasteiger partial charge in [-0.2, -0.15) is 0 Å². The molecule has 0 unspecified atom stereocenters. The number of esters is 1. The standard InChI is InChI=1S/C19H16ClFN4O3S/c1-28-18(27)13-7-14(24-10-26)17(22-8-12-9-23-19(20)29-12)15(21)16(13)25-11-5-3-2-4-6-11/h2-7,9-10,22,25H,8H2,1H3,(H,24,26). The Kier molecular flexibility index (Phi) is 6.63. The molecule has 0 saturated carbocycles. The fourth-order valence-electron chi connectivity index (χ4n) is 2.60. The first-order valence-corrected chi connectivity index (χ1v) is 9.54. The van der Waals surface area contributed by atoms with Gasteiger partial charge in [0.25, 0.3) is 0 Å². The van der Waals surface area contributed by atoms with Gasteiger partial charge in [-0.15, -0.1) is 11.3 Å². The van der Waals surface area contributed by atoms with E-state index in [2.05, 4.69) is 20.9 Å². The zero-order valence-corrected chi connectivity index (χ0v) is 16.7. The van der Waals surface area contributed by atoms with Crippen LogP contribution in [0.25, 0.3) is 0 Å². The lowest BCUT2D eigenvalue weighted by Gasteiger charge is -2.19. The van der Waals surface area contributed by atoms with Crippen molar-refractivity contribution in [3.05, 3.63) is 63.3 Å². The van der Waals surface area contributed by atoms with Gasteiger partial charge in [-0.05, 0) is 18.2 Å². The Hall–Kier alpha value is -3.17. The number of benzene rings is 2. The molecule has 2 aromatic carbocycles. The first kappa shape index (κ1) is 20.6. The van der Waals surface area contributed by atoms with E-state index in [1.807, 2.05) is 6.07 Å². The van der Waals surface area contributed by atoms with Crippen LogP contribution >= 0.6 is 22.9 Å². The summed E-state index contributed by atoms with van der Waals surface area (Å²) in [6.07, 6.45) is 1.96. The molecular weight excluding hydrogens is 419 g/mol. The van der Waals surface area contributed by atoms with Crippen LogP contribution in [0.4, 0.5) is 27.1 Å². The van der Waals surface area contributed by atoms with E-state index < -0.39 is 11.8 Å². The molecule has 1 aromatic heterocycles. The van der Waals surface area contributed by atoms with Gasteiger partial charge in [0.05, 0.1) is 36.3 Å². The Labute approximate surface area is 174 Å². The summed E-state index contributed by atoms with van der Waals surface area (Å²) in [5.74, 6) is -1.51. The molecule has 29 heavy (non-hydrogen) atoms. The van der Waals surface area contributed by atoms with Gasteiger partial charge in [0.15, 0.2) is 10.3 Å². The highest BCUT2D eigenvalue weighted by atomic mass is 35.5. The van der Waals surface area contributed by atoms with Crippen LogP contribution in [0, 0.1) is 5.82 Å². The second-order valence-electron chi connectivity index (χ2n) is 5.71. The van der Waals surface area contributed by atoms with E-state index in [0.717, 1.165) is 4.88 Å². The van der Waals surface area contributed by atoms with Crippen molar-refractivity contribution in [3.63, 3.8) is 0 Å². The fraction of sp³-hybridized carbons (Fsp3) is 0.105. The molecule has 3 aromatic rings. The third-order valence-corrected chi connectivity index (χ3v) is 5.01. The number of thiazole rings is 1. The van der Waals surface area contributed by atoms with Crippen LogP contribution in [0.3, 0.4) is 0 Å². The number of carbonyl (C=O) groups excluding carboxylic acids is 2. The van der Waals surface area contributed by atoms with Crippen LogP contribution in [0.15, 0.2) is 42.6 Å². The van der Waals surface area contributed by atoms with Crippen LogP contribution in [0.5, 0.6) is 0 Å². The number of carbonyl (C=O) groups is 2. The third kappa shape index (κ3) is 4.82. The number of halogens is 2. The molecule has 0 atom stereocenters. The average molecular weight is 435 g/mol. The summed E-state index contributed by atoms with van der Waals surface area (Å²) in [4.78, 5) is 28.0. The maximum Gasteiger partial charge on any atom is 0.340 e. The van der Waals surface area contributed by atoms with Gasteiger partial charge in [0.2, 0.25) is 6.41 Å². The number of anilines is 4. The number of rotatable bonds is 8. The van der Waals surface area contributed by atoms with Gasteiger partial charge < -0.3 is 20.7 Å². The molecule has 1 heterocycles. The van der Waals surface area contributed by atoms with E-state index in [0.29, 0.717) is 16.6 Å². The first-order valence-electron chi connectivity index (χ1n) is 8.34. The van der Waals surface area contributed by atoms with Crippen LogP contribution < -0.4 is 16.0 Å². The summed E-state index contributed by atoms with van der Waals surface area (Å²) >= 11 is 7.07. The molecule has 0 aliphatic carbocycles. The Morgan fingerprint density at radius 3 is 2.69 bits per heavy atom. The average Bonchev–Trinajstić information content (AvgIpc) is 3.15. The maximum atomic E-state index is 15.5. The molecule has 10 heteroatoms. The van der Waals surface area contributed by atoms with E-state index in [-0.39, 0.29) is 29.2 Å². The highest BCUT2D eigenvalue weighted by Gasteiger charge is 2.23. The van der Waals surface area contributed by atoms with Crippen LogP contribution in [0.2, 0.25) is 4.47 Å². The summed E-state index contributed by atoms with van der Waals surface area (Å²) in [7, 11) is 1.19. The third-order valence-electron chi connectivity index (χ3n) is 3.89. The number of nitrogens with zero attached hydrogens (tertiary/aromatic N) is 1. The van der Waals surface area contributed by atoms with Gasteiger partial charge in [-0.1, -0.05) is 29.8 Å². The molecule has 1 amide bonds. The molecule has 7 nitrogen and oxygen atoms in total. The molecule has 0 fully saturated rings. The lowest BCUT2D eigenvalue weighted by atomic mass is 10.1. The van der Waals surface area contributed by atoms with Crippen molar-refractivity contribution >= 4 is 58.1 Å². The van der Waals surface area contributed by atoms with Gasteiger partial charge in [-0.25, -0.2) is 14.2 Å². The monoisotopic (exact) mass is 434 g/mol. The van der Waals surface area contributed by atoms with Crippen molar-refractivity contribution in [3.8, 4) is 0 Å². The lowest BCUT2D eigenvalue weighted by Crippen LogP contribution is -2.13. The molecule has 0 bridgehead atoms. The largest absolute Gasteiger partial charge is 0.465 e. The molecule has 0 aliphatic heterocycles. The molecule has 0 saturated heterocycles. The normalized spacial score (nSPS) is 10.3. The molecule has 0 radical (unpaired) electrons. The second kappa shape index (κ2) is 9.35. The summed E-state index contributed by atoms with van der Waals surface area (Å²) in [5, 5.41) is 8.25. The number of nitrogens with one attached hydrogen (secondary N) is 3. The topological polar surface area (TPSA) is 92.3 Å². The Morgan fingerprint density at radius 2 is 2.07 bits per heavy atom. The molecule has 0 spiro atoms. The summed E-state index contributed by atoms with van der Waals surface area (Å²) in [6, 6.07) is 10.2. The smallest absolute Gasteiger partial charge is 0.340 e. The summed E-state index contributed by atoms with van der Waals surface area (Å²) in [6.45, 7) is 0.219. The van der Waals surface area contributed by atoms with Crippen molar-refractivity contribution < 1.29 is 18.7 Å². The minimum absolute atomic E-state index is 0.00714. The quantitative estimate of drug-likeness (QED) is 0.353. The van der Waals surface area contributed by atoms with Gasteiger partial charge in [0.1, 0.15) is 0 Å². The number of methoxy groups -OCH3 is 1. The Bertz CT molecular complexity index is 1030. The molecule has 0 aliphatic rings. The highest BCUT2D eigenvalue weighted by Crippen LogP contribution is 2.36. The molecule has 3 rings (SSSR count). The number of amides is 1. The summed E-state index contributed by atoms with van der Waals surface area (Å²) in [5.41, 5.74) is 0.529. The zero-order chi connectivity index (χ0) is 20.8. The maximum absolute atomic E-state index is 15.5. The van der Waals surface area contributed by atoms with E-state index in [4.69, 9.17) is 16.3 Å². The predicted molar refractivity (Wildman–Crippen MR) is 112 cm³/mol. The van der Waals surface area contributed by atoms with Crippen molar-refractivity contribution in [1.29, 1.82) is 0 Å². The molecular formula is C19H16ClFN4O3S. The van der Waals surface area contributed by atoms with Crippen LogP contribution in [-0.2, 0) is 16.1 Å². The number of hydrogen-bond donors (Lipinski definition) is 3. The van der Waals surface area contributed by atoms with E-state index >= 15 is 4.39 Å². The van der Waals surface area contributed by atoms with E-state index in [9.17, 15) is 9.59 Å². The lowest BCUT2D eigenvalue weighted by molar-refractivity contribution is -0.105. The zero-order valence-electron chi connectivity index (χ0n) is 15.2. The Balaban J connectivity index is 2.05. The number of para-hydroxylation sites is 1. The van der Waals surface area contributed by atoms with Crippen LogP contribution in [0.1, 0.15) is 15.2 Å². The first-order chi connectivity index (χ1) is 14.0. The number of aromatic nitrogens is 1. The number of ether oxygens (including phenoxy) is 1. The Morgan fingerprint density at radius 1 is 1.31 bits per heavy atom. The highest BCUT2D eigenvalue weighted by molar-refractivity contribution is 7.15. The molecule has 150 valence electrons. The molecule has 3 N–H and O–H groups in total. The minimum atomic E-state index is -0.753. The van der Waals surface area contributed by atoms with Crippen molar-refractivity contribution in [1.82, 2.24) is 4.98 Å². The summed E-state index contributed by atoms with van der Waals surface area (Å²) < 4.78 is 20.6. The fourth-order valence-corrected chi connectivity index (χ4v) is 3.52. The van der Waals surface area contributed by atoms with Crippen molar-refractivity contribution in [2.24, 2.45) is 0 Å².